The Hall–Kier alpha value is -2.78. The van der Waals surface area contributed by atoms with Crippen LogP contribution in [-0.4, -0.2) is 11.6 Å². The maximum absolute atomic E-state index is 13.8. The number of carbonyl (C=O) groups is 1. The number of halogens is 1. The van der Waals surface area contributed by atoms with Gasteiger partial charge >= 0.3 is 6.03 Å². The van der Waals surface area contributed by atoms with Crippen LogP contribution in [0, 0.1) is 13.8 Å². The van der Waals surface area contributed by atoms with Crippen molar-refractivity contribution in [2.45, 2.75) is 39.3 Å². The van der Waals surface area contributed by atoms with Gasteiger partial charge in [-0.3, -0.25) is 9.80 Å². The number of hydrogen-bond acceptors (Lipinski definition) is 1. The van der Waals surface area contributed by atoms with Gasteiger partial charge in [0.2, 0.25) is 0 Å². The first kappa shape index (κ1) is 19.5. The van der Waals surface area contributed by atoms with E-state index in [0.717, 1.165) is 16.9 Å². The highest BCUT2D eigenvalue weighted by atomic mass is 35.5. The first-order valence-corrected chi connectivity index (χ1v) is 10.2. The summed E-state index contributed by atoms with van der Waals surface area (Å²) in [5.74, 6) is 0. The van der Waals surface area contributed by atoms with E-state index in [1.807, 2.05) is 58.3 Å². The summed E-state index contributed by atoms with van der Waals surface area (Å²) >= 11 is 6.11. The lowest BCUT2D eigenvalue weighted by Crippen LogP contribution is -2.43. The van der Waals surface area contributed by atoms with Crippen LogP contribution in [0.25, 0.3) is 0 Å². The fourth-order valence-corrected chi connectivity index (χ4v) is 4.42. The van der Waals surface area contributed by atoms with Gasteiger partial charge in [-0.2, -0.15) is 0 Å². The second-order valence-corrected chi connectivity index (χ2v) is 8.71. The van der Waals surface area contributed by atoms with Gasteiger partial charge in [-0.25, -0.2) is 4.79 Å². The van der Waals surface area contributed by atoms with Crippen LogP contribution in [0.2, 0.25) is 5.02 Å². The Bertz CT molecular complexity index is 1040. The van der Waals surface area contributed by atoms with Crippen LogP contribution in [0.3, 0.4) is 0 Å². The average molecular weight is 405 g/mol. The zero-order valence-electron chi connectivity index (χ0n) is 17.2. The predicted molar refractivity (Wildman–Crippen MR) is 121 cm³/mol. The molecule has 0 radical (unpaired) electrons. The molecular formula is C25H25ClN2O. The zero-order valence-corrected chi connectivity index (χ0v) is 17.9. The summed E-state index contributed by atoms with van der Waals surface area (Å²) in [6, 6.07) is 23.9. The van der Waals surface area contributed by atoms with Crippen LogP contribution in [0.5, 0.6) is 0 Å². The second kappa shape index (κ2) is 7.23. The molecule has 3 aromatic rings. The molecule has 3 aromatic carbocycles. The van der Waals surface area contributed by atoms with Gasteiger partial charge in [0.15, 0.2) is 0 Å². The molecule has 1 atom stereocenters. The molecule has 0 aromatic heterocycles. The van der Waals surface area contributed by atoms with Crippen molar-refractivity contribution >= 4 is 29.0 Å². The lowest BCUT2D eigenvalue weighted by Gasteiger charge is -2.35. The maximum atomic E-state index is 13.8. The molecule has 1 aliphatic heterocycles. The van der Waals surface area contributed by atoms with Gasteiger partial charge in [0.05, 0.1) is 11.6 Å². The minimum Gasteiger partial charge on any atom is -0.286 e. The van der Waals surface area contributed by atoms with Gasteiger partial charge in [0, 0.05) is 16.4 Å². The summed E-state index contributed by atoms with van der Waals surface area (Å²) in [6.07, 6.45) is 0. The van der Waals surface area contributed by atoms with E-state index < -0.39 is 5.54 Å². The molecule has 29 heavy (non-hydrogen) atoms. The minimum atomic E-state index is -0.459. The van der Waals surface area contributed by atoms with Gasteiger partial charge in [-0.05, 0) is 69.7 Å². The van der Waals surface area contributed by atoms with Crippen molar-refractivity contribution in [3.63, 3.8) is 0 Å². The van der Waals surface area contributed by atoms with Gasteiger partial charge in [-0.1, -0.05) is 59.1 Å². The fraction of sp³-hybridized carbons (Fsp3) is 0.240. The van der Waals surface area contributed by atoms with Crippen molar-refractivity contribution < 1.29 is 4.79 Å². The summed E-state index contributed by atoms with van der Waals surface area (Å²) in [7, 11) is 0. The lowest BCUT2D eigenvalue weighted by molar-refractivity contribution is 0.254. The third kappa shape index (κ3) is 3.40. The normalized spacial score (nSPS) is 18.4. The second-order valence-electron chi connectivity index (χ2n) is 8.27. The maximum Gasteiger partial charge on any atom is 0.330 e. The van der Waals surface area contributed by atoms with Crippen molar-refractivity contribution in [3.8, 4) is 0 Å². The Morgan fingerprint density at radius 3 is 2.07 bits per heavy atom. The summed E-state index contributed by atoms with van der Waals surface area (Å²) in [6.45, 7) is 8.40. The molecule has 3 nitrogen and oxygen atoms in total. The van der Waals surface area contributed by atoms with Gasteiger partial charge in [-0.15, -0.1) is 0 Å². The number of amides is 2. The van der Waals surface area contributed by atoms with Crippen LogP contribution in [0.4, 0.5) is 16.2 Å². The fourth-order valence-electron chi connectivity index (χ4n) is 4.30. The highest BCUT2D eigenvalue weighted by molar-refractivity contribution is 6.30. The van der Waals surface area contributed by atoms with Crippen molar-refractivity contribution in [3.05, 3.63) is 94.5 Å². The number of anilines is 2. The van der Waals surface area contributed by atoms with E-state index in [9.17, 15) is 4.79 Å². The number of carbonyl (C=O) groups excluding carboxylic acids is 1. The van der Waals surface area contributed by atoms with E-state index in [1.165, 1.54) is 11.1 Å². The van der Waals surface area contributed by atoms with Crippen LogP contribution in [0.1, 0.15) is 36.6 Å². The van der Waals surface area contributed by atoms with E-state index in [1.54, 1.807) is 0 Å². The number of aryl methyl sites for hydroxylation is 2. The largest absolute Gasteiger partial charge is 0.330 e. The predicted octanol–water partition coefficient (Wildman–Crippen LogP) is 6.92. The number of hydrogen-bond donors (Lipinski definition) is 0. The quantitative estimate of drug-likeness (QED) is 0.464. The molecule has 0 saturated carbocycles. The molecule has 1 aliphatic rings. The molecule has 0 bridgehead atoms. The summed E-state index contributed by atoms with van der Waals surface area (Å²) in [5.41, 5.74) is 4.75. The Labute approximate surface area is 177 Å². The van der Waals surface area contributed by atoms with Crippen molar-refractivity contribution in [2.75, 3.05) is 9.80 Å². The molecule has 1 heterocycles. The third-order valence-corrected chi connectivity index (χ3v) is 5.91. The Morgan fingerprint density at radius 2 is 1.45 bits per heavy atom. The lowest BCUT2D eigenvalue weighted by atomic mass is 9.87. The molecule has 148 valence electrons. The topological polar surface area (TPSA) is 23.6 Å². The molecule has 4 heteroatoms. The van der Waals surface area contributed by atoms with Crippen LogP contribution in [0.15, 0.2) is 72.8 Å². The van der Waals surface area contributed by atoms with Crippen LogP contribution < -0.4 is 9.80 Å². The van der Waals surface area contributed by atoms with E-state index in [-0.39, 0.29) is 12.1 Å². The van der Waals surface area contributed by atoms with E-state index in [2.05, 4.69) is 52.0 Å². The molecule has 0 aliphatic carbocycles. The van der Waals surface area contributed by atoms with E-state index in [4.69, 9.17) is 11.6 Å². The van der Waals surface area contributed by atoms with Crippen molar-refractivity contribution in [1.29, 1.82) is 0 Å². The number of nitrogens with zero attached hydrogens (tertiary/aromatic N) is 2. The number of benzene rings is 3. The monoisotopic (exact) mass is 404 g/mol. The molecular weight excluding hydrogens is 380 g/mol. The Kier molecular flexibility index (Phi) is 4.87. The molecule has 4 rings (SSSR count). The molecule has 0 N–H and O–H groups in total. The van der Waals surface area contributed by atoms with Gasteiger partial charge < -0.3 is 0 Å². The standard InChI is InChI=1S/C25H25ClN2O/c1-17-8-12-22(13-9-17)28-24(29)27(21-14-10-20(26)11-15-21)23(25(28,3)4)19-7-5-6-18(2)16-19/h5-16,23H,1-4H3/t23-/m1/s1. The molecule has 0 spiro atoms. The zero-order chi connectivity index (χ0) is 20.8. The molecule has 2 amide bonds. The highest BCUT2D eigenvalue weighted by Gasteiger charge is 2.53. The molecule has 1 saturated heterocycles. The number of rotatable bonds is 3. The van der Waals surface area contributed by atoms with E-state index >= 15 is 0 Å². The first-order valence-electron chi connectivity index (χ1n) is 9.81. The van der Waals surface area contributed by atoms with E-state index in [0.29, 0.717) is 5.02 Å². The van der Waals surface area contributed by atoms with Crippen LogP contribution in [-0.2, 0) is 0 Å². The van der Waals surface area contributed by atoms with Gasteiger partial charge in [0.25, 0.3) is 0 Å². The summed E-state index contributed by atoms with van der Waals surface area (Å²) in [4.78, 5) is 17.6. The van der Waals surface area contributed by atoms with Gasteiger partial charge in [0.1, 0.15) is 0 Å². The number of urea groups is 1. The molecule has 0 unspecified atom stereocenters. The van der Waals surface area contributed by atoms with Crippen molar-refractivity contribution in [2.24, 2.45) is 0 Å². The highest BCUT2D eigenvalue weighted by Crippen LogP contribution is 2.47. The minimum absolute atomic E-state index is 0.0346. The molecule has 1 fully saturated rings. The Morgan fingerprint density at radius 1 is 0.828 bits per heavy atom. The first-order chi connectivity index (χ1) is 13.8. The van der Waals surface area contributed by atoms with Crippen molar-refractivity contribution in [1.82, 2.24) is 0 Å². The third-order valence-electron chi connectivity index (χ3n) is 5.66. The summed E-state index contributed by atoms with van der Waals surface area (Å²) in [5, 5.41) is 0.655. The Balaban J connectivity index is 1.90. The summed E-state index contributed by atoms with van der Waals surface area (Å²) < 4.78 is 0. The smallest absolute Gasteiger partial charge is 0.286 e. The van der Waals surface area contributed by atoms with Crippen LogP contribution >= 0.6 is 11.6 Å². The average Bonchev–Trinajstić information content (AvgIpc) is 2.89. The SMILES string of the molecule is Cc1ccc(N2C(=O)N(c3ccc(Cl)cc3)[C@H](c3cccc(C)c3)C2(C)C)cc1.